The maximum Gasteiger partial charge on any atom is 0.323 e. The summed E-state index contributed by atoms with van der Waals surface area (Å²) in [6.45, 7) is 6.15. The Morgan fingerprint density at radius 2 is 2.08 bits per heavy atom. The van der Waals surface area contributed by atoms with Crippen LogP contribution in [0.25, 0.3) is 0 Å². The average molecular weight is 357 g/mol. The van der Waals surface area contributed by atoms with Crippen molar-refractivity contribution in [3.05, 3.63) is 0 Å². The lowest BCUT2D eigenvalue weighted by atomic mass is 9.94. The van der Waals surface area contributed by atoms with Crippen LogP contribution in [0.2, 0.25) is 0 Å². The molecule has 0 spiro atoms. The van der Waals surface area contributed by atoms with Crippen LogP contribution in [0.4, 0.5) is 4.79 Å². The lowest BCUT2D eigenvalue weighted by Crippen LogP contribution is -2.47. The molecule has 1 aliphatic rings. The summed E-state index contributed by atoms with van der Waals surface area (Å²) in [6, 6.07) is -0.0902. The van der Waals surface area contributed by atoms with Crippen molar-refractivity contribution in [2.75, 3.05) is 46.4 Å². The predicted octanol–water partition coefficient (Wildman–Crippen LogP) is 1.01. The van der Waals surface area contributed by atoms with Crippen LogP contribution < -0.4 is 5.32 Å². The summed E-state index contributed by atoms with van der Waals surface area (Å²) >= 11 is 0. The Morgan fingerprint density at radius 3 is 2.68 bits per heavy atom. The van der Waals surface area contributed by atoms with E-state index in [1.165, 1.54) is 12.0 Å². The third-order valence-corrected chi connectivity index (χ3v) is 4.18. The van der Waals surface area contributed by atoms with Crippen molar-refractivity contribution in [1.82, 2.24) is 15.1 Å². The lowest BCUT2D eigenvalue weighted by molar-refractivity contribution is -0.145. The van der Waals surface area contributed by atoms with Gasteiger partial charge < -0.3 is 25.0 Å². The Kier molecular flexibility index (Phi) is 9.26. The molecule has 0 saturated carbocycles. The molecule has 3 amide bonds. The predicted molar refractivity (Wildman–Crippen MR) is 93.2 cm³/mol. The van der Waals surface area contributed by atoms with Crippen molar-refractivity contribution in [2.45, 2.75) is 33.1 Å². The van der Waals surface area contributed by atoms with Gasteiger partial charge >= 0.3 is 12.0 Å². The first-order valence-corrected chi connectivity index (χ1v) is 8.84. The van der Waals surface area contributed by atoms with E-state index in [1.54, 1.807) is 4.90 Å². The third kappa shape index (κ3) is 8.20. The van der Waals surface area contributed by atoms with Gasteiger partial charge in [-0.1, -0.05) is 13.8 Å². The molecule has 1 rings (SSSR count). The number of likely N-dealkylation sites (tertiary alicyclic amines) is 1. The SMILES string of the molecule is COCCN(CC(=O)O)C(=O)CC1CCCN(C(=O)NCC(C)C)C1. The number of carbonyl (C=O) groups is 3. The average Bonchev–Trinajstić information content (AvgIpc) is 2.56. The summed E-state index contributed by atoms with van der Waals surface area (Å²) in [4.78, 5) is 38.6. The van der Waals surface area contributed by atoms with Crippen LogP contribution in [0.1, 0.15) is 33.1 Å². The van der Waals surface area contributed by atoms with Gasteiger partial charge in [-0.2, -0.15) is 0 Å². The van der Waals surface area contributed by atoms with Crippen LogP contribution in [0.3, 0.4) is 0 Å². The maximum atomic E-state index is 12.4. The quantitative estimate of drug-likeness (QED) is 0.642. The highest BCUT2D eigenvalue weighted by atomic mass is 16.5. The fourth-order valence-corrected chi connectivity index (χ4v) is 2.85. The molecule has 25 heavy (non-hydrogen) atoms. The highest BCUT2D eigenvalue weighted by molar-refractivity contribution is 5.81. The molecule has 0 aromatic carbocycles. The van der Waals surface area contributed by atoms with E-state index in [1.807, 2.05) is 13.8 Å². The number of hydrogen-bond donors (Lipinski definition) is 2. The minimum atomic E-state index is -1.04. The first kappa shape index (κ1) is 21.2. The lowest BCUT2D eigenvalue weighted by Gasteiger charge is -2.33. The largest absolute Gasteiger partial charge is 0.480 e. The van der Waals surface area contributed by atoms with E-state index in [4.69, 9.17) is 9.84 Å². The normalized spacial score (nSPS) is 17.4. The van der Waals surface area contributed by atoms with Gasteiger partial charge in [0.25, 0.3) is 0 Å². The van der Waals surface area contributed by atoms with Gasteiger partial charge in [0.2, 0.25) is 5.91 Å². The number of carboxylic acid groups (broad SMARTS) is 1. The minimum Gasteiger partial charge on any atom is -0.480 e. The van der Waals surface area contributed by atoms with E-state index in [0.717, 1.165) is 12.8 Å². The smallest absolute Gasteiger partial charge is 0.323 e. The molecule has 0 radical (unpaired) electrons. The standard InChI is InChI=1S/C17H31N3O5/c1-13(2)10-18-17(24)20-6-4-5-14(11-20)9-15(21)19(7-8-25-3)12-16(22)23/h13-14H,4-12H2,1-3H3,(H,18,24)(H,22,23). The van der Waals surface area contributed by atoms with Gasteiger partial charge in [-0.3, -0.25) is 9.59 Å². The first-order valence-electron chi connectivity index (χ1n) is 8.84. The fourth-order valence-electron chi connectivity index (χ4n) is 2.85. The highest BCUT2D eigenvalue weighted by Gasteiger charge is 2.27. The van der Waals surface area contributed by atoms with Gasteiger partial charge in [-0.25, -0.2) is 4.79 Å². The van der Waals surface area contributed by atoms with Crippen molar-refractivity contribution in [1.29, 1.82) is 0 Å². The zero-order chi connectivity index (χ0) is 18.8. The molecule has 1 unspecified atom stereocenters. The topological polar surface area (TPSA) is 99.2 Å². The Morgan fingerprint density at radius 1 is 1.36 bits per heavy atom. The Bertz CT molecular complexity index is 456. The molecule has 8 heteroatoms. The monoisotopic (exact) mass is 357 g/mol. The summed E-state index contributed by atoms with van der Waals surface area (Å²) in [5, 5.41) is 11.9. The van der Waals surface area contributed by atoms with Gasteiger partial charge in [0.05, 0.1) is 6.61 Å². The second-order valence-corrected chi connectivity index (χ2v) is 6.94. The zero-order valence-corrected chi connectivity index (χ0v) is 15.5. The van der Waals surface area contributed by atoms with Crippen LogP contribution in [0, 0.1) is 11.8 Å². The van der Waals surface area contributed by atoms with E-state index in [9.17, 15) is 14.4 Å². The van der Waals surface area contributed by atoms with Crippen LogP contribution in [0.5, 0.6) is 0 Å². The fraction of sp³-hybridized carbons (Fsp3) is 0.824. The molecule has 144 valence electrons. The molecule has 1 fully saturated rings. The summed E-state index contributed by atoms with van der Waals surface area (Å²) in [5.74, 6) is -0.793. The molecule has 1 aliphatic heterocycles. The molecule has 0 bridgehead atoms. The molecule has 1 saturated heterocycles. The first-order chi connectivity index (χ1) is 11.8. The molecular formula is C17H31N3O5. The number of amides is 3. The number of rotatable bonds is 9. The number of methoxy groups -OCH3 is 1. The Labute approximate surface area is 149 Å². The highest BCUT2D eigenvalue weighted by Crippen LogP contribution is 2.20. The van der Waals surface area contributed by atoms with E-state index >= 15 is 0 Å². The van der Waals surface area contributed by atoms with Gasteiger partial charge in [0.1, 0.15) is 6.54 Å². The number of piperidine rings is 1. The number of carboxylic acids is 1. The number of nitrogens with one attached hydrogen (secondary N) is 1. The van der Waals surface area contributed by atoms with Crippen molar-refractivity contribution in [2.24, 2.45) is 11.8 Å². The van der Waals surface area contributed by atoms with Crippen molar-refractivity contribution < 1.29 is 24.2 Å². The van der Waals surface area contributed by atoms with E-state index in [2.05, 4.69) is 5.32 Å². The second-order valence-electron chi connectivity index (χ2n) is 6.94. The minimum absolute atomic E-state index is 0.0601. The van der Waals surface area contributed by atoms with Gasteiger partial charge in [-0.15, -0.1) is 0 Å². The van der Waals surface area contributed by atoms with Crippen LogP contribution in [-0.2, 0) is 14.3 Å². The number of carbonyl (C=O) groups excluding carboxylic acids is 2. The molecule has 2 N–H and O–H groups in total. The van der Waals surface area contributed by atoms with Crippen molar-refractivity contribution in [3.63, 3.8) is 0 Å². The summed E-state index contributed by atoms with van der Waals surface area (Å²) in [5.41, 5.74) is 0. The molecule has 0 aromatic rings. The van der Waals surface area contributed by atoms with Crippen LogP contribution >= 0.6 is 0 Å². The van der Waals surface area contributed by atoms with E-state index in [-0.39, 0.29) is 37.4 Å². The maximum absolute atomic E-state index is 12.4. The number of aliphatic carboxylic acids is 1. The van der Waals surface area contributed by atoms with Crippen LogP contribution in [-0.4, -0.2) is 79.3 Å². The second kappa shape index (κ2) is 10.9. The third-order valence-electron chi connectivity index (χ3n) is 4.18. The Hall–Kier alpha value is -1.83. The van der Waals surface area contributed by atoms with Gasteiger partial charge in [0, 0.05) is 39.7 Å². The molecule has 1 atom stereocenters. The zero-order valence-electron chi connectivity index (χ0n) is 15.5. The molecule has 8 nitrogen and oxygen atoms in total. The van der Waals surface area contributed by atoms with Gasteiger partial charge in [-0.05, 0) is 24.7 Å². The van der Waals surface area contributed by atoms with E-state index in [0.29, 0.717) is 32.2 Å². The summed E-state index contributed by atoms with van der Waals surface area (Å²) in [6.07, 6.45) is 1.97. The number of nitrogens with zero attached hydrogens (tertiary/aromatic N) is 2. The molecular weight excluding hydrogens is 326 g/mol. The van der Waals surface area contributed by atoms with Gasteiger partial charge in [0.15, 0.2) is 0 Å². The molecule has 1 heterocycles. The summed E-state index contributed by atoms with van der Waals surface area (Å²) in [7, 11) is 1.51. The summed E-state index contributed by atoms with van der Waals surface area (Å²) < 4.78 is 4.94. The van der Waals surface area contributed by atoms with Crippen molar-refractivity contribution in [3.8, 4) is 0 Å². The molecule has 0 aliphatic carbocycles. The number of urea groups is 1. The molecule has 0 aromatic heterocycles. The number of hydrogen-bond acceptors (Lipinski definition) is 4. The number of ether oxygens (including phenoxy) is 1. The van der Waals surface area contributed by atoms with E-state index < -0.39 is 5.97 Å². The Balaban J connectivity index is 2.54. The van der Waals surface area contributed by atoms with Crippen molar-refractivity contribution >= 4 is 17.9 Å². The van der Waals surface area contributed by atoms with Crippen LogP contribution in [0.15, 0.2) is 0 Å².